The van der Waals surface area contributed by atoms with Crippen molar-refractivity contribution in [1.82, 2.24) is 5.32 Å². The summed E-state index contributed by atoms with van der Waals surface area (Å²) in [7, 11) is 0. The Balaban J connectivity index is 1.70. The lowest BCUT2D eigenvalue weighted by atomic mass is 10.1. The van der Waals surface area contributed by atoms with E-state index in [0.29, 0.717) is 6.04 Å². The van der Waals surface area contributed by atoms with Crippen molar-refractivity contribution in [3.63, 3.8) is 0 Å². The number of nitrogens with two attached hydrogens (primary N) is 1. The maximum absolute atomic E-state index is 6.17. The molecule has 0 spiro atoms. The fourth-order valence-corrected chi connectivity index (χ4v) is 2.84. The molecule has 0 saturated carbocycles. The minimum atomic E-state index is 0.152. The Labute approximate surface area is 118 Å². The Morgan fingerprint density at radius 2 is 1.74 bits per heavy atom. The zero-order chi connectivity index (χ0) is 13.2. The van der Waals surface area contributed by atoms with E-state index in [1.807, 2.05) is 12.1 Å². The molecule has 1 aliphatic carbocycles. The molecule has 1 aliphatic rings. The summed E-state index contributed by atoms with van der Waals surface area (Å²) in [4.78, 5) is 0. The first-order valence-electron chi connectivity index (χ1n) is 6.56. The van der Waals surface area contributed by atoms with Gasteiger partial charge in [-0.15, -0.1) is 0 Å². The first kappa shape index (κ1) is 12.7. The highest BCUT2D eigenvalue weighted by atomic mass is 35.5. The van der Waals surface area contributed by atoms with Crippen molar-refractivity contribution in [2.75, 3.05) is 0 Å². The van der Waals surface area contributed by atoms with Gasteiger partial charge >= 0.3 is 0 Å². The predicted molar refractivity (Wildman–Crippen MR) is 79.0 cm³/mol. The van der Waals surface area contributed by atoms with Gasteiger partial charge in [-0.1, -0.05) is 48.0 Å². The van der Waals surface area contributed by atoms with Gasteiger partial charge < -0.3 is 11.1 Å². The SMILES string of the molecule is NC1CC(NCc2ccc(Cl)cc2)c2ccccc21. The molecule has 2 nitrogen and oxygen atoms in total. The van der Waals surface area contributed by atoms with Gasteiger partial charge in [-0.05, 0) is 35.2 Å². The van der Waals surface area contributed by atoms with E-state index in [1.165, 1.54) is 16.7 Å². The van der Waals surface area contributed by atoms with Crippen LogP contribution in [0, 0.1) is 0 Å². The second-order valence-corrected chi connectivity index (χ2v) is 5.47. The smallest absolute Gasteiger partial charge is 0.0406 e. The van der Waals surface area contributed by atoms with Gasteiger partial charge in [0.05, 0.1) is 0 Å². The highest BCUT2D eigenvalue weighted by Gasteiger charge is 2.27. The quantitative estimate of drug-likeness (QED) is 0.896. The molecule has 3 N–H and O–H groups in total. The van der Waals surface area contributed by atoms with E-state index in [1.54, 1.807) is 0 Å². The molecular formula is C16H17ClN2. The minimum Gasteiger partial charge on any atom is -0.324 e. The lowest BCUT2D eigenvalue weighted by molar-refractivity contribution is 0.498. The summed E-state index contributed by atoms with van der Waals surface area (Å²) < 4.78 is 0. The molecule has 0 heterocycles. The van der Waals surface area contributed by atoms with Crippen molar-refractivity contribution in [2.45, 2.75) is 25.0 Å². The highest BCUT2D eigenvalue weighted by molar-refractivity contribution is 6.30. The van der Waals surface area contributed by atoms with Gasteiger partial charge in [-0.2, -0.15) is 0 Å². The Bertz CT molecular complexity index is 565. The molecule has 0 bridgehead atoms. The molecule has 3 heteroatoms. The molecule has 3 rings (SSSR count). The van der Waals surface area contributed by atoms with Crippen molar-refractivity contribution < 1.29 is 0 Å². The first-order valence-corrected chi connectivity index (χ1v) is 6.94. The first-order chi connectivity index (χ1) is 9.24. The van der Waals surface area contributed by atoms with Gasteiger partial charge in [0, 0.05) is 23.7 Å². The van der Waals surface area contributed by atoms with Crippen LogP contribution in [0.5, 0.6) is 0 Å². The lowest BCUT2D eigenvalue weighted by Gasteiger charge is -2.14. The van der Waals surface area contributed by atoms with E-state index in [2.05, 4.69) is 41.7 Å². The molecule has 2 atom stereocenters. The van der Waals surface area contributed by atoms with E-state index >= 15 is 0 Å². The molecule has 19 heavy (non-hydrogen) atoms. The fourth-order valence-electron chi connectivity index (χ4n) is 2.71. The van der Waals surface area contributed by atoms with Crippen LogP contribution in [0.15, 0.2) is 48.5 Å². The average molecular weight is 273 g/mol. The molecule has 0 amide bonds. The fraction of sp³-hybridized carbons (Fsp3) is 0.250. The molecule has 2 aromatic rings. The third kappa shape index (κ3) is 2.66. The van der Waals surface area contributed by atoms with Crippen LogP contribution in [0.3, 0.4) is 0 Å². The molecule has 0 radical (unpaired) electrons. The molecule has 2 unspecified atom stereocenters. The Kier molecular flexibility index (Phi) is 3.56. The number of hydrogen-bond acceptors (Lipinski definition) is 2. The van der Waals surface area contributed by atoms with Crippen molar-refractivity contribution in [2.24, 2.45) is 5.73 Å². The van der Waals surface area contributed by atoms with E-state index in [0.717, 1.165) is 18.0 Å². The highest BCUT2D eigenvalue weighted by Crippen LogP contribution is 2.37. The second-order valence-electron chi connectivity index (χ2n) is 5.03. The van der Waals surface area contributed by atoms with Gasteiger partial charge in [-0.3, -0.25) is 0 Å². The largest absolute Gasteiger partial charge is 0.324 e. The van der Waals surface area contributed by atoms with E-state index in [9.17, 15) is 0 Å². The number of benzene rings is 2. The Morgan fingerprint density at radius 1 is 1.05 bits per heavy atom. The summed E-state index contributed by atoms with van der Waals surface area (Å²) in [5.74, 6) is 0. The third-order valence-corrected chi connectivity index (χ3v) is 3.98. The van der Waals surface area contributed by atoms with Crippen molar-refractivity contribution >= 4 is 11.6 Å². The number of halogens is 1. The van der Waals surface area contributed by atoms with Crippen LogP contribution in [0.2, 0.25) is 5.02 Å². The number of fused-ring (bicyclic) bond motifs is 1. The summed E-state index contributed by atoms with van der Waals surface area (Å²) in [6.45, 7) is 0.836. The second kappa shape index (κ2) is 5.33. The standard InChI is InChI=1S/C16H17ClN2/c17-12-7-5-11(6-8-12)10-19-16-9-15(18)13-3-1-2-4-14(13)16/h1-8,15-16,19H,9-10,18H2. The Morgan fingerprint density at radius 3 is 2.47 bits per heavy atom. The summed E-state index contributed by atoms with van der Waals surface area (Å²) in [5, 5.41) is 4.36. The van der Waals surface area contributed by atoms with Crippen LogP contribution in [0.4, 0.5) is 0 Å². The third-order valence-electron chi connectivity index (χ3n) is 3.73. The molecule has 0 saturated heterocycles. The molecule has 0 aromatic heterocycles. The van der Waals surface area contributed by atoms with Gasteiger partial charge in [-0.25, -0.2) is 0 Å². The number of nitrogens with one attached hydrogen (secondary N) is 1. The van der Waals surface area contributed by atoms with Crippen molar-refractivity contribution in [3.8, 4) is 0 Å². The van der Waals surface area contributed by atoms with Gasteiger partial charge in [0.1, 0.15) is 0 Å². The summed E-state index contributed by atoms with van der Waals surface area (Å²) in [6.07, 6.45) is 0.965. The molecule has 2 aromatic carbocycles. The Hall–Kier alpha value is -1.35. The van der Waals surface area contributed by atoms with E-state index in [4.69, 9.17) is 17.3 Å². The van der Waals surface area contributed by atoms with Gasteiger partial charge in [0.15, 0.2) is 0 Å². The van der Waals surface area contributed by atoms with Crippen LogP contribution >= 0.6 is 11.6 Å². The molecule has 0 aliphatic heterocycles. The number of rotatable bonds is 3. The maximum atomic E-state index is 6.17. The zero-order valence-corrected chi connectivity index (χ0v) is 11.4. The van der Waals surface area contributed by atoms with Gasteiger partial charge in [0.25, 0.3) is 0 Å². The zero-order valence-electron chi connectivity index (χ0n) is 10.6. The van der Waals surface area contributed by atoms with Crippen LogP contribution < -0.4 is 11.1 Å². The minimum absolute atomic E-state index is 0.152. The normalized spacial score (nSPS) is 21.4. The summed E-state index contributed by atoms with van der Waals surface area (Å²) in [5.41, 5.74) is 10.0. The van der Waals surface area contributed by atoms with Crippen LogP contribution in [0.25, 0.3) is 0 Å². The molecular weight excluding hydrogens is 256 g/mol. The maximum Gasteiger partial charge on any atom is 0.0406 e. The predicted octanol–water partition coefficient (Wildman–Crippen LogP) is 3.57. The topological polar surface area (TPSA) is 38.0 Å². The van der Waals surface area contributed by atoms with Crippen LogP contribution in [-0.4, -0.2) is 0 Å². The van der Waals surface area contributed by atoms with Crippen molar-refractivity contribution in [3.05, 3.63) is 70.2 Å². The van der Waals surface area contributed by atoms with Gasteiger partial charge in [0.2, 0.25) is 0 Å². The number of hydrogen-bond donors (Lipinski definition) is 2. The van der Waals surface area contributed by atoms with Crippen LogP contribution in [-0.2, 0) is 6.54 Å². The average Bonchev–Trinajstić information content (AvgIpc) is 2.76. The summed E-state index contributed by atoms with van der Waals surface area (Å²) >= 11 is 5.89. The van der Waals surface area contributed by atoms with Crippen LogP contribution in [0.1, 0.15) is 35.2 Å². The molecule has 98 valence electrons. The van der Waals surface area contributed by atoms with E-state index in [-0.39, 0.29) is 6.04 Å². The molecule has 0 fully saturated rings. The monoisotopic (exact) mass is 272 g/mol. The van der Waals surface area contributed by atoms with E-state index < -0.39 is 0 Å². The summed E-state index contributed by atoms with van der Waals surface area (Å²) in [6, 6.07) is 16.9. The lowest BCUT2D eigenvalue weighted by Crippen LogP contribution is -2.19. The van der Waals surface area contributed by atoms with Crippen molar-refractivity contribution in [1.29, 1.82) is 0 Å².